The van der Waals surface area contributed by atoms with Gasteiger partial charge in [0.2, 0.25) is 0 Å². The second-order valence-electron chi connectivity index (χ2n) is 5.30. The lowest BCUT2D eigenvalue weighted by Crippen LogP contribution is -2.50. The predicted molar refractivity (Wildman–Crippen MR) is 64.5 cm³/mol. The molecule has 2 aliphatic carbocycles. The Kier molecular flexibility index (Phi) is 4.40. The maximum Gasteiger partial charge on any atom is 0.308 e. The molecule has 0 bridgehead atoms. The van der Waals surface area contributed by atoms with Crippen LogP contribution in [0.15, 0.2) is 0 Å². The molecule has 0 aromatic heterocycles. The SMILES string of the molecule is CCOC(=O)C1CCCC(NC2CC(O)C2)C1. The number of carbonyl (C=O) groups is 1. The second-order valence-corrected chi connectivity index (χ2v) is 5.30. The van der Waals surface area contributed by atoms with E-state index in [1.54, 1.807) is 0 Å². The van der Waals surface area contributed by atoms with Gasteiger partial charge in [-0.1, -0.05) is 6.42 Å². The van der Waals surface area contributed by atoms with E-state index in [-0.39, 0.29) is 18.0 Å². The zero-order chi connectivity index (χ0) is 12.3. The Morgan fingerprint density at radius 1 is 1.29 bits per heavy atom. The van der Waals surface area contributed by atoms with Crippen LogP contribution < -0.4 is 5.32 Å². The van der Waals surface area contributed by atoms with Crippen LogP contribution in [0.3, 0.4) is 0 Å². The molecule has 0 heterocycles. The molecule has 0 aliphatic heterocycles. The first-order valence-corrected chi connectivity index (χ1v) is 6.79. The first kappa shape index (κ1) is 12.8. The fourth-order valence-corrected chi connectivity index (χ4v) is 2.87. The summed E-state index contributed by atoms with van der Waals surface area (Å²) >= 11 is 0. The summed E-state index contributed by atoms with van der Waals surface area (Å²) in [7, 11) is 0. The topological polar surface area (TPSA) is 58.6 Å². The van der Waals surface area contributed by atoms with E-state index in [0.717, 1.165) is 38.5 Å². The summed E-state index contributed by atoms with van der Waals surface area (Å²) in [5.41, 5.74) is 0. The minimum atomic E-state index is -0.114. The van der Waals surface area contributed by atoms with Crippen molar-refractivity contribution in [2.75, 3.05) is 6.61 Å². The zero-order valence-corrected chi connectivity index (χ0v) is 10.5. The molecule has 17 heavy (non-hydrogen) atoms. The first-order valence-electron chi connectivity index (χ1n) is 6.79. The molecule has 2 saturated carbocycles. The Labute approximate surface area is 103 Å². The number of hydrogen-bond donors (Lipinski definition) is 2. The van der Waals surface area contributed by atoms with Gasteiger partial charge in [-0.25, -0.2) is 0 Å². The predicted octanol–water partition coefficient (Wildman–Crippen LogP) is 1.22. The van der Waals surface area contributed by atoms with Crippen molar-refractivity contribution < 1.29 is 14.6 Å². The summed E-state index contributed by atoms with van der Waals surface area (Å²) < 4.78 is 5.09. The average Bonchev–Trinajstić information content (AvgIpc) is 2.28. The maximum atomic E-state index is 11.7. The molecule has 0 amide bonds. The third-order valence-electron chi connectivity index (χ3n) is 3.88. The van der Waals surface area contributed by atoms with Gasteiger partial charge in [0.25, 0.3) is 0 Å². The molecule has 0 saturated heterocycles. The third-order valence-corrected chi connectivity index (χ3v) is 3.88. The largest absolute Gasteiger partial charge is 0.466 e. The van der Waals surface area contributed by atoms with Crippen molar-refractivity contribution in [1.29, 1.82) is 0 Å². The molecule has 0 radical (unpaired) electrons. The Morgan fingerprint density at radius 2 is 2.06 bits per heavy atom. The molecule has 0 aromatic carbocycles. The molecule has 2 atom stereocenters. The summed E-state index contributed by atoms with van der Waals surface area (Å²) in [5, 5.41) is 12.8. The van der Waals surface area contributed by atoms with Gasteiger partial charge in [-0.15, -0.1) is 0 Å². The molecule has 2 unspecified atom stereocenters. The van der Waals surface area contributed by atoms with Gasteiger partial charge in [0.1, 0.15) is 0 Å². The Hall–Kier alpha value is -0.610. The van der Waals surface area contributed by atoms with Crippen LogP contribution in [0.2, 0.25) is 0 Å². The molecular formula is C13H23NO3. The van der Waals surface area contributed by atoms with Gasteiger partial charge in [0, 0.05) is 12.1 Å². The minimum Gasteiger partial charge on any atom is -0.466 e. The van der Waals surface area contributed by atoms with Crippen LogP contribution in [0.25, 0.3) is 0 Å². The lowest BCUT2D eigenvalue weighted by atomic mass is 9.83. The fourth-order valence-electron chi connectivity index (χ4n) is 2.87. The highest BCUT2D eigenvalue weighted by atomic mass is 16.5. The quantitative estimate of drug-likeness (QED) is 0.727. The van der Waals surface area contributed by atoms with E-state index in [4.69, 9.17) is 4.74 Å². The number of aliphatic hydroxyl groups is 1. The Morgan fingerprint density at radius 3 is 2.71 bits per heavy atom. The van der Waals surface area contributed by atoms with E-state index in [2.05, 4.69) is 5.32 Å². The van der Waals surface area contributed by atoms with Crippen molar-refractivity contribution >= 4 is 5.97 Å². The highest BCUT2D eigenvalue weighted by Crippen LogP contribution is 2.28. The third kappa shape index (κ3) is 3.42. The second kappa shape index (κ2) is 5.83. The van der Waals surface area contributed by atoms with Crippen molar-refractivity contribution in [3.8, 4) is 0 Å². The smallest absolute Gasteiger partial charge is 0.308 e. The summed E-state index contributed by atoms with van der Waals surface area (Å²) in [4.78, 5) is 11.7. The molecular weight excluding hydrogens is 218 g/mol. The fraction of sp³-hybridized carbons (Fsp3) is 0.923. The van der Waals surface area contributed by atoms with Crippen molar-refractivity contribution in [2.24, 2.45) is 5.92 Å². The van der Waals surface area contributed by atoms with E-state index in [0.29, 0.717) is 18.7 Å². The highest BCUT2D eigenvalue weighted by molar-refractivity contribution is 5.72. The molecule has 98 valence electrons. The number of nitrogens with one attached hydrogen (secondary N) is 1. The number of aliphatic hydroxyl groups excluding tert-OH is 1. The lowest BCUT2D eigenvalue weighted by molar-refractivity contribution is -0.149. The van der Waals surface area contributed by atoms with Crippen LogP contribution in [0.4, 0.5) is 0 Å². The van der Waals surface area contributed by atoms with Crippen molar-refractivity contribution in [2.45, 2.75) is 63.6 Å². The number of esters is 1. The summed E-state index contributed by atoms with van der Waals surface area (Å²) in [6.45, 7) is 2.33. The molecule has 0 spiro atoms. The van der Waals surface area contributed by atoms with E-state index in [9.17, 15) is 9.90 Å². The average molecular weight is 241 g/mol. The van der Waals surface area contributed by atoms with Crippen molar-refractivity contribution in [3.05, 3.63) is 0 Å². The lowest BCUT2D eigenvalue weighted by Gasteiger charge is -2.38. The van der Waals surface area contributed by atoms with Gasteiger partial charge in [0.05, 0.1) is 18.6 Å². The Bertz CT molecular complexity index is 263. The monoisotopic (exact) mass is 241 g/mol. The molecule has 2 N–H and O–H groups in total. The number of ether oxygens (including phenoxy) is 1. The summed E-state index contributed by atoms with van der Waals surface area (Å²) in [6, 6.07) is 0.881. The van der Waals surface area contributed by atoms with E-state index in [1.807, 2.05) is 6.92 Å². The van der Waals surface area contributed by atoms with Crippen molar-refractivity contribution in [3.63, 3.8) is 0 Å². The van der Waals surface area contributed by atoms with Crippen LogP contribution >= 0.6 is 0 Å². The number of carbonyl (C=O) groups excluding carboxylic acids is 1. The highest BCUT2D eigenvalue weighted by Gasteiger charge is 2.33. The molecule has 0 aromatic rings. The van der Waals surface area contributed by atoms with Gasteiger partial charge in [-0.05, 0) is 39.0 Å². The van der Waals surface area contributed by atoms with Gasteiger partial charge in [-0.3, -0.25) is 4.79 Å². The van der Waals surface area contributed by atoms with Gasteiger partial charge < -0.3 is 15.2 Å². The summed E-state index contributed by atoms with van der Waals surface area (Å²) in [5.74, 6) is 0.0406. The molecule has 2 aliphatic rings. The zero-order valence-electron chi connectivity index (χ0n) is 10.5. The summed E-state index contributed by atoms with van der Waals surface area (Å²) in [6.07, 6.45) is 5.70. The molecule has 2 rings (SSSR count). The minimum absolute atomic E-state index is 0.0346. The molecule has 2 fully saturated rings. The molecule has 4 heteroatoms. The van der Waals surface area contributed by atoms with Crippen LogP contribution in [-0.2, 0) is 9.53 Å². The van der Waals surface area contributed by atoms with Gasteiger partial charge in [0.15, 0.2) is 0 Å². The molecule has 4 nitrogen and oxygen atoms in total. The van der Waals surface area contributed by atoms with Crippen molar-refractivity contribution in [1.82, 2.24) is 5.32 Å². The normalized spacial score (nSPS) is 37.3. The van der Waals surface area contributed by atoms with Crippen LogP contribution in [-0.4, -0.2) is 35.9 Å². The van der Waals surface area contributed by atoms with E-state index >= 15 is 0 Å². The number of hydrogen-bond acceptors (Lipinski definition) is 4. The maximum absolute atomic E-state index is 11.7. The van der Waals surface area contributed by atoms with Gasteiger partial charge >= 0.3 is 5.97 Å². The van der Waals surface area contributed by atoms with E-state index < -0.39 is 0 Å². The van der Waals surface area contributed by atoms with Gasteiger partial charge in [-0.2, -0.15) is 0 Å². The van der Waals surface area contributed by atoms with Crippen LogP contribution in [0.5, 0.6) is 0 Å². The first-order chi connectivity index (χ1) is 8.19. The standard InChI is InChI=1S/C13H23NO3/c1-2-17-13(16)9-4-3-5-10(6-9)14-11-7-12(15)8-11/h9-12,14-15H,2-8H2,1H3. The van der Waals surface area contributed by atoms with Crippen LogP contribution in [0.1, 0.15) is 45.4 Å². The van der Waals surface area contributed by atoms with E-state index in [1.165, 1.54) is 0 Å². The number of rotatable bonds is 4. The van der Waals surface area contributed by atoms with Crippen LogP contribution in [0, 0.1) is 5.92 Å². The Balaban J connectivity index is 1.74.